The summed E-state index contributed by atoms with van der Waals surface area (Å²) in [7, 11) is 0. The fourth-order valence-corrected chi connectivity index (χ4v) is 3.25. The molecule has 2 aromatic rings. The first-order valence-corrected chi connectivity index (χ1v) is 6.77. The van der Waals surface area contributed by atoms with Crippen LogP contribution in [0, 0.1) is 0 Å². The predicted octanol–water partition coefficient (Wildman–Crippen LogP) is 3.19. The van der Waals surface area contributed by atoms with Gasteiger partial charge < -0.3 is 5.11 Å². The van der Waals surface area contributed by atoms with Gasteiger partial charge in [-0.05, 0) is 42.5 Å². The normalized spacial score (nSPS) is 29.8. The van der Waals surface area contributed by atoms with Crippen LogP contribution in [-0.2, 0) is 17.4 Å². The number of benzene rings is 1. The molecule has 2 heteroatoms. The largest absolute Gasteiger partial charge is 0.385 e. The van der Waals surface area contributed by atoms with Crippen LogP contribution in [0.4, 0.5) is 0 Å². The van der Waals surface area contributed by atoms with E-state index >= 15 is 0 Å². The Bertz CT molecular complexity index is 591. The molecule has 2 atom stereocenters. The molecule has 0 saturated heterocycles. The Kier molecular flexibility index (Phi) is 2.72. The molecule has 1 aliphatic rings. The summed E-state index contributed by atoms with van der Waals surface area (Å²) in [5.41, 5.74) is 2.25. The van der Waals surface area contributed by atoms with Crippen molar-refractivity contribution >= 4 is 0 Å². The second kappa shape index (κ2) is 4.17. The van der Waals surface area contributed by atoms with E-state index in [1.807, 2.05) is 37.4 Å². The summed E-state index contributed by atoms with van der Waals surface area (Å²) in [4.78, 5) is 4.22. The van der Waals surface area contributed by atoms with Gasteiger partial charge in [-0.15, -0.1) is 0 Å². The van der Waals surface area contributed by atoms with E-state index in [2.05, 4.69) is 24.0 Å². The topological polar surface area (TPSA) is 33.1 Å². The van der Waals surface area contributed by atoms with Gasteiger partial charge in [0, 0.05) is 17.8 Å². The molecule has 0 bridgehead atoms. The van der Waals surface area contributed by atoms with Gasteiger partial charge in [0.25, 0.3) is 0 Å². The lowest BCUT2D eigenvalue weighted by Gasteiger charge is -2.47. The van der Waals surface area contributed by atoms with E-state index < -0.39 is 5.60 Å². The molecule has 1 aromatic carbocycles. The first kappa shape index (κ1) is 12.4. The molecule has 0 saturated carbocycles. The van der Waals surface area contributed by atoms with E-state index in [0.717, 1.165) is 24.0 Å². The third-order valence-electron chi connectivity index (χ3n) is 4.81. The predicted molar refractivity (Wildman–Crippen MR) is 75.9 cm³/mol. The Balaban J connectivity index is 2.16. The molecule has 2 nitrogen and oxygen atoms in total. The fraction of sp³-hybridized carbons (Fsp3) is 0.353. The van der Waals surface area contributed by atoms with Crippen molar-refractivity contribution in [3.05, 3.63) is 65.5 Å². The zero-order valence-corrected chi connectivity index (χ0v) is 11.4. The van der Waals surface area contributed by atoms with Crippen LogP contribution in [0.15, 0.2) is 48.8 Å². The summed E-state index contributed by atoms with van der Waals surface area (Å²) in [6, 6.07) is 12.2. The number of aryl methyl sites for hydroxylation is 1. The van der Waals surface area contributed by atoms with Gasteiger partial charge in [-0.2, -0.15) is 0 Å². The summed E-state index contributed by atoms with van der Waals surface area (Å²) < 4.78 is 0. The molecule has 0 radical (unpaired) electrons. The van der Waals surface area contributed by atoms with Crippen molar-refractivity contribution in [1.82, 2.24) is 4.98 Å². The molecule has 0 fully saturated rings. The third-order valence-corrected chi connectivity index (χ3v) is 4.81. The van der Waals surface area contributed by atoms with Crippen LogP contribution >= 0.6 is 0 Å². The van der Waals surface area contributed by atoms with Gasteiger partial charge in [-0.3, -0.25) is 4.98 Å². The second-order valence-electron chi connectivity index (χ2n) is 5.80. The minimum absolute atomic E-state index is 0.296. The maximum Gasteiger partial charge on any atom is 0.0965 e. The lowest BCUT2D eigenvalue weighted by molar-refractivity contribution is -0.0340. The molecule has 1 heterocycles. The molecule has 1 aliphatic carbocycles. The number of pyridine rings is 1. The van der Waals surface area contributed by atoms with Crippen molar-refractivity contribution in [1.29, 1.82) is 0 Å². The smallest absolute Gasteiger partial charge is 0.0965 e. The van der Waals surface area contributed by atoms with Crippen LogP contribution in [0.5, 0.6) is 0 Å². The van der Waals surface area contributed by atoms with E-state index in [9.17, 15) is 5.11 Å². The van der Waals surface area contributed by atoms with Gasteiger partial charge in [0.15, 0.2) is 0 Å². The van der Waals surface area contributed by atoms with Crippen LogP contribution in [0.2, 0.25) is 0 Å². The number of nitrogens with zero attached hydrogens (tertiary/aromatic N) is 1. The summed E-state index contributed by atoms with van der Waals surface area (Å²) in [6.45, 7) is 4.07. The van der Waals surface area contributed by atoms with Gasteiger partial charge in [0.05, 0.1) is 5.60 Å². The van der Waals surface area contributed by atoms with Crippen molar-refractivity contribution < 1.29 is 5.11 Å². The monoisotopic (exact) mass is 253 g/mol. The van der Waals surface area contributed by atoms with E-state index in [4.69, 9.17) is 0 Å². The summed E-state index contributed by atoms with van der Waals surface area (Å²) in [5, 5.41) is 11.2. The highest BCUT2D eigenvalue weighted by Gasteiger charge is 2.49. The van der Waals surface area contributed by atoms with Gasteiger partial charge in [-0.1, -0.05) is 37.3 Å². The Morgan fingerprint density at radius 2 is 1.89 bits per heavy atom. The fourth-order valence-electron chi connectivity index (χ4n) is 3.25. The SMILES string of the molecule is C[C@]1(O)c2ccccc2CC[C@]1(C)c1cccnc1. The molecule has 98 valence electrons. The van der Waals surface area contributed by atoms with Crippen LogP contribution in [-0.4, -0.2) is 10.1 Å². The molecular weight excluding hydrogens is 234 g/mol. The Hall–Kier alpha value is -1.67. The van der Waals surface area contributed by atoms with Crippen LogP contribution < -0.4 is 0 Å². The quantitative estimate of drug-likeness (QED) is 0.846. The van der Waals surface area contributed by atoms with Crippen LogP contribution in [0.3, 0.4) is 0 Å². The second-order valence-corrected chi connectivity index (χ2v) is 5.80. The number of hydrogen-bond acceptors (Lipinski definition) is 2. The Morgan fingerprint density at radius 3 is 2.63 bits per heavy atom. The maximum atomic E-state index is 11.2. The van der Waals surface area contributed by atoms with E-state index in [0.29, 0.717) is 0 Å². The zero-order chi connectivity index (χ0) is 13.5. The summed E-state index contributed by atoms with van der Waals surface area (Å²) in [5.74, 6) is 0. The van der Waals surface area contributed by atoms with Crippen molar-refractivity contribution in [3.8, 4) is 0 Å². The van der Waals surface area contributed by atoms with Gasteiger partial charge in [0.2, 0.25) is 0 Å². The molecule has 0 amide bonds. The molecule has 3 rings (SSSR count). The van der Waals surface area contributed by atoms with Crippen molar-refractivity contribution in [2.24, 2.45) is 0 Å². The summed E-state index contributed by atoms with van der Waals surface area (Å²) >= 11 is 0. The molecule has 0 aliphatic heterocycles. The van der Waals surface area contributed by atoms with Crippen molar-refractivity contribution in [2.45, 2.75) is 37.7 Å². The van der Waals surface area contributed by atoms with Gasteiger partial charge >= 0.3 is 0 Å². The van der Waals surface area contributed by atoms with Crippen molar-refractivity contribution in [2.75, 3.05) is 0 Å². The lowest BCUT2D eigenvalue weighted by Crippen LogP contribution is -2.48. The molecule has 19 heavy (non-hydrogen) atoms. The highest BCUT2D eigenvalue weighted by atomic mass is 16.3. The van der Waals surface area contributed by atoms with Crippen LogP contribution in [0.25, 0.3) is 0 Å². The number of rotatable bonds is 1. The van der Waals surface area contributed by atoms with E-state index in [1.165, 1.54) is 5.56 Å². The first-order chi connectivity index (χ1) is 9.06. The van der Waals surface area contributed by atoms with Gasteiger partial charge in [0.1, 0.15) is 0 Å². The number of fused-ring (bicyclic) bond motifs is 1. The average Bonchev–Trinajstić information content (AvgIpc) is 2.45. The van der Waals surface area contributed by atoms with E-state index in [1.54, 1.807) is 6.20 Å². The number of hydrogen-bond donors (Lipinski definition) is 1. The highest BCUT2D eigenvalue weighted by molar-refractivity contribution is 5.42. The van der Waals surface area contributed by atoms with Crippen LogP contribution in [0.1, 0.15) is 37.0 Å². The third kappa shape index (κ3) is 1.71. The lowest BCUT2D eigenvalue weighted by atomic mass is 9.60. The number of aromatic nitrogens is 1. The molecular formula is C17H19NO. The number of aliphatic hydroxyl groups is 1. The Labute approximate surface area is 114 Å². The average molecular weight is 253 g/mol. The van der Waals surface area contributed by atoms with Gasteiger partial charge in [-0.25, -0.2) is 0 Å². The molecule has 0 unspecified atom stereocenters. The molecule has 1 N–H and O–H groups in total. The Morgan fingerprint density at radius 1 is 1.11 bits per heavy atom. The first-order valence-electron chi connectivity index (χ1n) is 6.77. The zero-order valence-electron chi connectivity index (χ0n) is 11.4. The standard InChI is InChI=1S/C17H19NO/c1-16(14-7-5-11-18-12-14)10-9-13-6-3-4-8-15(13)17(16,2)19/h3-8,11-12,19H,9-10H2,1-2H3/t16-,17+/m1/s1. The molecule has 1 aromatic heterocycles. The summed E-state index contributed by atoms with van der Waals surface area (Å²) in [6.07, 6.45) is 5.58. The minimum Gasteiger partial charge on any atom is -0.385 e. The minimum atomic E-state index is -0.870. The van der Waals surface area contributed by atoms with E-state index in [-0.39, 0.29) is 5.41 Å². The maximum absolute atomic E-state index is 11.2. The highest BCUT2D eigenvalue weighted by Crippen LogP contribution is 2.49. The van der Waals surface area contributed by atoms with Crippen molar-refractivity contribution in [3.63, 3.8) is 0 Å². The molecule has 0 spiro atoms.